The Balaban J connectivity index is 2.48. The lowest BCUT2D eigenvalue weighted by Crippen LogP contribution is -2.51. The summed E-state index contributed by atoms with van der Waals surface area (Å²) in [6.07, 6.45) is 3.68. The van der Waals surface area contributed by atoms with Gasteiger partial charge in [0.25, 0.3) is 0 Å². The Bertz CT molecular complexity index is 145. The van der Waals surface area contributed by atoms with Gasteiger partial charge in [0.15, 0.2) is 0 Å². The van der Waals surface area contributed by atoms with E-state index >= 15 is 0 Å². The topological polar surface area (TPSA) is 27.7 Å². The molecule has 1 rings (SSSR count). The van der Waals surface area contributed by atoms with Crippen molar-refractivity contribution in [1.29, 1.82) is 0 Å². The first-order valence-electron chi connectivity index (χ1n) is 4.87. The molecule has 0 saturated heterocycles. The summed E-state index contributed by atoms with van der Waals surface area (Å²) in [4.78, 5) is 0. The molecule has 0 spiro atoms. The molecule has 0 atom stereocenters. The molecule has 0 radical (unpaired) electrons. The smallest absolute Gasteiger partial charge is 0.377 e. The van der Waals surface area contributed by atoms with E-state index in [1.807, 2.05) is 0 Å². The van der Waals surface area contributed by atoms with Gasteiger partial charge in [0, 0.05) is 26.9 Å². The molecule has 0 aliphatic heterocycles. The highest BCUT2D eigenvalue weighted by molar-refractivity contribution is 6.62. The normalized spacial score (nSPS) is 28.6. The Morgan fingerprint density at radius 1 is 1.08 bits per heavy atom. The van der Waals surface area contributed by atoms with E-state index in [2.05, 4.69) is 6.92 Å². The van der Waals surface area contributed by atoms with Crippen LogP contribution in [0.15, 0.2) is 0 Å². The molecule has 13 heavy (non-hydrogen) atoms. The zero-order valence-corrected chi connectivity index (χ0v) is 10.0. The molecule has 1 aliphatic rings. The van der Waals surface area contributed by atoms with Crippen molar-refractivity contribution >= 4 is 8.80 Å². The molecule has 1 saturated carbocycles. The van der Waals surface area contributed by atoms with Crippen LogP contribution in [0, 0.1) is 5.92 Å². The van der Waals surface area contributed by atoms with E-state index in [1.54, 1.807) is 21.3 Å². The maximum atomic E-state index is 5.43. The summed E-state index contributed by atoms with van der Waals surface area (Å²) in [7, 11) is 2.79. The first-order valence-corrected chi connectivity index (χ1v) is 6.68. The predicted octanol–water partition coefficient (Wildman–Crippen LogP) is 2.05. The van der Waals surface area contributed by atoms with Gasteiger partial charge in [0.05, 0.1) is 0 Å². The van der Waals surface area contributed by atoms with Gasteiger partial charge in [-0.1, -0.05) is 13.3 Å². The van der Waals surface area contributed by atoms with Crippen molar-refractivity contribution in [3.8, 4) is 0 Å². The summed E-state index contributed by atoms with van der Waals surface area (Å²) >= 11 is 0. The van der Waals surface area contributed by atoms with Crippen molar-refractivity contribution in [3.05, 3.63) is 0 Å². The first-order chi connectivity index (χ1) is 6.22. The lowest BCUT2D eigenvalue weighted by Gasteiger charge is -2.42. The predicted molar refractivity (Wildman–Crippen MR) is 53.5 cm³/mol. The molecular formula is C9H20O3Si. The van der Waals surface area contributed by atoms with E-state index in [4.69, 9.17) is 13.3 Å². The van der Waals surface area contributed by atoms with Crippen LogP contribution in [0.25, 0.3) is 0 Å². The molecule has 1 fully saturated rings. The zero-order valence-electron chi connectivity index (χ0n) is 9.00. The second-order valence-corrected chi connectivity index (χ2v) is 6.91. The monoisotopic (exact) mass is 204 g/mol. The van der Waals surface area contributed by atoms with Crippen LogP contribution in [-0.2, 0) is 13.3 Å². The largest absolute Gasteiger partial charge is 0.503 e. The number of rotatable bonds is 5. The molecule has 0 bridgehead atoms. The molecule has 78 valence electrons. The fraction of sp³-hybridized carbons (Fsp3) is 1.00. The lowest BCUT2D eigenvalue weighted by atomic mass is 9.83. The summed E-state index contributed by atoms with van der Waals surface area (Å²) in [5, 5.41) is 0. The molecule has 0 heterocycles. The van der Waals surface area contributed by atoms with Crippen LogP contribution in [0.2, 0.25) is 5.54 Å². The molecular weight excluding hydrogens is 184 g/mol. The van der Waals surface area contributed by atoms with Gasteiger partial charge in [-0.15, -0.1) is 0 Å². The lowest BCUT2D eigenvalue weighted by molar-refractivity contribution is 0.0838. The van der Waals surface area contributed by atoms with E-state index in [0.717, 1.165) is 5.92 Å². The summed E-state index contributed by atoms with van der Waals surface area (Å²) in [6, 6.07) is 0. The summed E-state index contributed by atoms with van der Waals surface area (Å²) in [5.74, 6) is 0.859. The highest BCUT2D eigenvalue weighted by atomic mass is 28.4. The van der Waals surface area contributed by atoms with Crippen LogP contribution in [0.3, 0.4) is 0 Å². The molecule has 0 aromatic carbocycles. The molecule has 0 N–H and O–H groups in total. The maximum Gasteiger partial charge on any atom is 0.503 e. The average molecular weight is 204 g/mol. The van der Waals surface area contributed by atoms with Crippen molar-refractivity contribution in [3.63, 3.8) is 0 Å². The van der Waals surface area contributed by atoms with E-state index in [0.29, 0.717) is 5.54 Å². The highest BCUT2D eigenvalue weighted by Crippen LogP contribution is 2.47. The molecule has 1 aliphatic carbocycles. The van der Waals surface area contributed by atoms with Gasteiger partial charge < -0.3 is 13.3 Å². The molecule has 0 aromatic rings. The zero-order chi connectivity index (χ0) is 9.90. The SMILES string of the molecule is CCC1CC([Si](OC)(OC)OC)C1. The van der Waals surface area contributed by atoms with Crippen LogP contribution in [-0.4, -0.2) is 30.1 Å². The molecule has 3 nitrogen and oxygen atoms in total. The Hall–Kier alpha value is 0.0969. The van der Waals surface area contributed by atoms with Gasteiger partial charge in [0.1, 0.15) is 0 Å². The van der Waals surface area contributed by atoms with Gasteiger partial charge in [-0.2, -0.15) is 0 Å². The van der Waals surface area contributed by atoms with Crippen LogP contribution in [0.4, 0.5) is 0 Å². The Morgan fingerprint density at radius 3 is 1.85 bits per heavy atom. The van der Waals surface area contributed by atoms with Crippen molar-refractivity contribution in [1.82, 2.24) is 0 Å². The Morgan fingerprint density at radius 2 is 1.54 bits per heavy atom. The summed E-state index contributed by atoms with van der Waals surface area (Å²) in [5.41, 5.74) is 0.525. The second-order valence-electron chi connectivity index (χ2n) is 3.66. The third kappa shape index (κ3) is 1.96. The fourth-order valence-corrected chi connectivity index (χ4v) is 4.85. The fourth-order valence-electron chi connectivity index (χ4n) is 2.11. The van der Waals surface area contributed by atoms with Crippen LogP contribution < -0.4 is 0 Å². The van der Waals surface area contributed by atoms with Gasteiger partial charge in [-0.25, -0.2) is 0 Å². The Labute approximate surface area is 81.7 Å². The summed E-state index contributed by atoms with van der Waals surface area (Å²) in [6.45, 7) is 2.23. The van der Waals surface area contributed by atoms with E-state index in [1.165, 1.54) is 19.3 Å². The van der Waals surface area contributed by atoms with Crippen molar-refractivity contribution < 1.29 is 13.3 Å². The van der Waals surface area contributed by atoms with E-state index in [9.17, 15) is 0 Å². The van der Waals surface area contributed by atoms with Crippen LogP contribution in [0.5, 0.6) is 0 Å². The summed E-state index contributed by atoms with van der Waals surface area (Å²) < 4.78 is 16.3. The van der Waals surface area contributed by atoms with Crippen molar-refractivity contribution in [2.75, 3.05) is 21.3 Å². The Kier molecular flexibility index (Phi) is 3.91. The first kappa shape index (κ1) is 11.2. The van der Waals surface area contributed by atoms with E-state index < -0.39 is 8.80 Å². The minimum absolute atomic E-state index is 0.525. The van der Waals surface area contributed by atoms with Gasteiger partial charge in [-0.3, -0.25) is 0 Å². The standard InChI is InChI=1S/C9H20O3Si/c1-5-8-6-9(7-8)13(10-2,11-3)12-4/h8-9H,5-7H2,1-4H3. The number of hydrogen-bond donors (Lipinski definition) is 0. The molecule has 0 aromatic heterocycles. The quantitative estimate of drug-likeness (QED) is 0.642. The van der Waals surface area contributed by atoms with Crippen molar-refractivity contribution in [2.45, 2.75) is 31.7 Å². The van der Waals surface area contributed by atoms with Gasteiger partial charge in [-0.05, 0) is 18.8 Å². The molecule has 4 heteroatoms. The van der Waals surface area contributed by atoms with Crippen molar-refractivity contribution in [2.24, 2.45) is 5.92 Å². The molecule has 0 unspecified atom stereocenters. The second kappa shape index (κ2) is 4.55. The van der Waals surface area contributed by atoms with E-state index in [-0.39, 0.29) is 0 Å². The van der Waals surface area contributed by atoms with Crippen LogP contribution >= 0.6 is 0 Å². The highest BCUT2D eigenvalue weighted by Gasteiger charge is 2.52. The van der Waals surface area contributed by atoms with Crippen LogP contribution in [0.1, 0.15) is 26.2 Å². The third-order valence-electron chi connectivity index (χ3n) is 3.17. The third-order valence-corrected chi connectivity index (χ3v) is 6.35. The minimum Gasteiger partial charge on any atom is -0.377 e. The minimum atomic E-state index is -2.29. The maximum absolute atomic E-state index is 5.43. The van der Waals surface area contributed by atoms with Gasteiger partial charge in [0.2, 0.25) is 0 Å². The average Bonchev–Trinajstić information content (AvgIpc) is 2.11. The molecule has 0 amide bonds. The number of hydrogen-bond acceptors (Lipinski definition) is 3. The van der Waals surface area contributed by atoms with Gasteiger partial charge >= 0.3 is 8.80 Å².